The van der Waals surface area contributed by atoms with Gasteiger partial charge in [-0.15, -0.1) is 0 Å². The average molecular weight is 390 g/mol. The number of rotatable bonds is 7. The van der Waals surface area contributed by atoms with E-state index >= 15 is 0 Å². The number of hydrazine groups is 1. The minimum absolute atomic E-state index is 0.0853. The van der Waals surface area contributed by atoms with E-state index < -0.39 is 0 Å². The lowest BCUT2D eigenvalue weighted by atomic mass is 10.0. The van der Waals surface area contributed by atoms with Crippen molar-refractivity contribution in [3.63, 3.8) is 0 Å². The third kappa shape index (κ3) is 3.63. The quantitative estimate of drug-likeness (QED) is 0.493. The van der Waals surface area contributed by atoms with Gasteiger partial charge < -0.3 is 21.0 Å². The van der Waals surface area contributed by atoms with Crippen molar-refractivity contribution in [2.24, 2.45) is 5.92 Å². The summed E-state index contributed by atoms with van der Waals surface area (Å²) in [7, 11) is 2.04. The van der Waals surface area contributed by atoms with Crippen molar-refractivity contribution in [3.8, 4) is 0 Å². The van der Waals surface area contributed by atoms with E-state index in [9.17, 15) is 0 Å². The van der Waals surface area contributed by atoms with Crippen molar-refractivity contribution in [3.05, 3.63) is 53.6 Å². The predicted molar refractivity (Wildman–Crippen MR) is 114 cm³/mol. The van der Waals surface area contributed by atoms with Crippen molar-refractivity contribution < 1.29 is 0 Å². The van der Waals surface area contributed by atoms with Gasteiger partial charge in [0.25, 0.3) is 0 Å². The zero-order valence-electron chi connectivity index (χ0n) is 16.7. The molecule has 1 fully saturated rings. The molecule has 5 rings (SSSR count). The van der Waals surface area contributed by atoms with E-state index in [4.69, 9.17) is 0 Å². The minimum Gasteiger partial charge on any atom is -0.350 e. The molecule has 0 radical (unpaired) electrons. The third-order valence-electron chi connectivity index (χ3n) is 5.61. The first-order chi connectivity index (χ1) is 14.2. The number of benzene rings is 1. The molecule has 1 aliphatic carbocycles. The number of nitrogens with zero attached hydrogens (tertiary/aromatic N) is 4. The van der Waals surface area contributed by atoms with E-state index in [-0.39, 0.29) is 6.17 Å². The first-order valence-electron chi connectivity index (χ1n) is 10.2. The highest BCUT2D eigenvalue weighted by atomic mass is 15.6. The average Bonchev–Trinajstić information content (AvgIpc) is 3.37. The van der Waals surface area contributed by atoms with Crippen LogP contribution in [0.15, 0.2) is 42.5 Å². The van der Waals surface area contributed by atoms with Crippen LogP contribution in [0.1, 0.15) is 30.9 Å². The maximum Gasteiger partial charge on any atom is 0.224 e. The number of fused-ring (bicyclic) bond motifs is 1. The molecule has 1 unspecified atom stereocenters. The fraction of sp³-hybridized carbons (Fsp3) is 0.381. The molecule has 8 nitrogen and oxygen atoms in total. The Hall–Kier alpha value is -3.13. The van der Waals surface area contributed by atoms with Gasteiger partial charge in [-0.3, -0.25) is 0 Å². The van der Waals surface area contributed by atoms with Gasteiger partial charge in [-0.1, -0.05) is 13.0 Å². The SMILES string of the molecule is CCc1c(CNc2nccc(NC3C=C(C4CC4)NN3C)n2)ccc2[nH]cnc12. The van der Waals surface area contributed by atoms with Gasteiger partial charge in [0.1, 0.15) is 12.0 Å². The Morgan fingerprint density at radius 2 is 2.10 bits per heavy atom. The fourth-order valence-electron chi connectivity index (χ4n) is 3.87. The highest BCUT2D eigenvalue weighted by Gasteiger charge is 2.32. The summed E-state index contributed by atoms with van der Waals surface area (Å²) in [6, 6.07) is 6.11. The van der Waals surface area contributed by atoms with E-state index in [0.717, 1.165) is 23.3 Å². The zero-order chi connectivity index (χ0) is 19.8. The summed E-state index contributed by atoms with van der Waals surface area (Å²) in [5.41, 5.74) is 9.33. The Bertz CT molecular complexity index is 1050. The van der Waals surface area contributed by atoms with E-state index in [0.29, 0.717) is 18.4 Å². The lowest BCUT2D eigenvalue weighted by molar-refractivity contribution is 0.261. The molecule has 2 aromatic heterocycles. The molecule has 0 amide bonds. The number of nitrogens with one attached hydrogen (secondary N) is 4. The molecule has 2 aliphatic rings. The number of anilines is 2. The molecular weight excluding hydrogens is 364 g/mol. The van der Waals surface area contributed by atoms with Crippen molar-refractivity contribution in [1.82, 2.24) is 30.4 Å². The van der Waals surface area contributed by atoms with Crippen LogP contribution in [0, 0.1) is 5.92 Å². The Kier molecular flexibility index (Phi) is 4.55. The molecule has 3 aromatic rings. The number of likely N-dealkylation sites (N-methyl/N-ethyl adjacent to an activating group) is 1. The summed E-state index contributed by atoms with van der Waals surface area (Å²) in [6.45, 7) is 2.82. The maximum atomic E-state index is 4.64. The number of H-pyrrole nitrogens is 1. The Morgan fingerprint density at radius 1 is 1.21 bits per heavy atom. The summed E-state index contributed by atoms with van der Waals surface area (Å²) in [6.07, 6.45) is 9.36. The summed E-state index contributed by atoms with van der Waals surface area (Å²) in [4.78, 5) is 16.7. The largest absolute Gasteiger partial charge is 0.350 e. The molecule has 4 N–H and O–H groups in total. The highest BCUT2D eigenvalue weighted by Crippen LogP contribution is 2.37. The number of aryl methyl sites for hydroxylation is 1. The number of hydrogen-bond donors (Lipinski definition) is 4. The number of aromatic nitrogens is 4. The van der Waals surface area contributed by atoms with Crippen molar-refractivity contribution in [2.45, 2.75) is 38.9 Å². The van der Waals surface area contributed by atoms with Gasteiger partial charge in [0, 0.05) is 25.5 Å². The van der Waals surface area contributed by atoms with Gasteiger partial charge in [0.15, 0.2) is 0 Å². The molecule has 1 aliphatic heterocycles. The number of hydrogen-bond acceptors (Lipinski definition) is 7. The van der Waals surface area contributed by atoms with E-state index in [1.165, 1.54) is 29.7 Å². The molecule has 3 heterocycles. The van der Waals surface area contributed by atoms with Crippen LogP contribution in [-0.2, 0) is 13.0 Å². The topological polar surface area (TPSA) is 93.8 Å². The molecule has 8 heteroatoms. The molecule has 29 heavy (non-hydrogen) atoms. The van der Waals surface area contributed by atoms with E-state index in [1.54, 1.807) is 12.5 Å². The molecule has 0 bridgehead atoms. The van der Waals surface area contributed by atoms with Crippen LogP contribution in [0.25, 0.3) is 11.0 Å². The van der Waals surface area contributed by atoms with Crippen LogP contribution >= 0.6 is 0 Å². The van der Waals surface area contributed by atoms with Crippen LogP contribution in [0.2, 0.25) is 0 Å². The Balaban J connectivity index is 1.28. The van der Waals surface area contributed by atoms with Gasteiger partial charge in [-0.25, -0.2) is 15.0 Å². The second-order valence-electron chi connectivity index (χ2n) is 7.68. The van der Waals surface area contributed by atoms with Crippen molar-refractivity contribution in [2.75, 3.05) is 17.7 Å². The van der Waals surface area contributed by atoms with Crippen LogP contribution in [0.4, 0.5) is 11.8 Å². The molecular formula is C21H26N8. The summed E-state index contributed by atoms with van der Waals surface area (Å²) in [5, 5.41) is 8.91. The second kappa shape index (κ2) is 7.36. The van der Waals surface area contributed by atoms with Gasteiger partial charge >= 0.3 is 0 Å². The van der Waals surface area contributed by atoms with E-state index in [2.05, 4.69) is 66.1 Å². The van der Waals surface area contributed by atoms with Crippen molar-refractivity contribution in [1.29, 1.82) is 0 Å². The predicted octanol–water partition coefficient (Wildman–Crippen LogP) is 3.01. The number of aromatic amines is 1. The zero-order valence-corrected chi connectivity index (χ0v) is 16.7. The minimum atomic E-state index is 0.0853. The highest BCUT2D eigenvalue weighted by molar-refractivity contribution is 5.79. The van der Waals surface area contributed by atoms with Gasteiger partial charge in [0.05, 0.1) is 17.4 Å². The van der Waals surface area contributed by atoms with Gasteiger partial charge in [0.2, 0.25) is 5.95 Å². The van der Waals surface area contributed by atoms with Crippen LogP contribution in [0.3, 0.4) is 0 Å². The Labute approximate surface area is 169 Å². The van der Waals surface area contributed by atoms with Crippen molar-refractivity contribution >= 4 is 22.8 Å². The normalized spacial score (nSPS) is 19.2. The molecule has 0 saturated heterocycles. The van der Waals surface area contributed by atoms with Gasteiger partial charge in [-0.2, -0.15) is 4.98 Å². The molecule has 1 atom stereocenters. The summed E-state index contributed by atoms with van der Waals surface area (Å²) < 4.78 is 0. The number of imidazole rings is 1. The monoisotopic (exact) mass is 390 g/mol. The lowest BCUT2D eigenvalue weighted by Crippen LogP contribution is -2.39. The molecule has 150 valence electrons. The maximum absolute atomic E-state index is 4.64. The third-order valence-corrected chi connectivity index (χ3v) is 5.61. The summed E-state index contributed by atoms with van der Waals surface area (Å²) >= 11 is 0. The van der Waals surface area contributed by atoms with Crippen LogP contribution in [-0.4, -0.2) is 38.2 Å². The lowest BCUT2D eigenvalue weighted by Gasteiger charge is -2.21. The molecule has 0 spiro atoms. The standard InChI is InChI=1S/C21H26N8/c1-3-15-14(6-7-16-20(15)25-12-24-16)11-23-21-22-9-8-18(27-21)26-19-10-17(13-4-5-13)28-29(19)2/h6-10,12-13,19,28H,3-5,11H2,1-2H3,(H,24,25)(H2,22,23,26,27). The second-order valence-corrected chi connectivity index (χ2v) is 7.68. The molecule has 1 aromatic carbocycles. The first kappa shape index (κ1) is 17.9. The number of allylic oxidation sites excluding steroid dienone is 1. The first-order valence-corrected chi connectivity index (χ1v) is 10.2. The van der Waals surface area contributed by atoms with Crippen LogP contribution < -0.4 is 16.1 Å². The van der Waals surface area contributed by atoms with Crippen LogP contribution in [0.5, 0.6) is 0 Å². The Morgan fingerprint density at radius 3 is 2.93 bits per heavy atom. The summed E-state index contributed by atoms with van der Waals surface area (Å²) in [5.74, 6) is 2.11. The van der Waals surface area contributed by atoms with E-state index in [1.807, 2.05) is 13.1 Å². The van der Waals surface area contributed by atoms with Gasteiger partial charge in [-0.05, 0) is 54.5 Å². The smallest absolute Gasteiger partial charge is 0.224 e. The molecule has 1 saturated carbocycles. The fourth-order valence-corrected chi connectivity index (χ4v) is 3.87.